The van der Waals surface area contributed by atoms with E-state index >= 15 is 0 Å². The van der Waals surface area contributed by atoms with Crippen LogP contribution in [0.5, 0.6) is 5.75 Å². The Bertz CT molecular complexity index is 388. The van der Waals surface area contributed by atoms with Crippen molar-refractivity contribution in [1.29, 1.82) is 0 Å². The van der Waals surface area contributed by atoms with E-state index in [0.29, 0.717) is 12.0 Å². The molecule has 1 aromatic carbocycles. The molecule has 2 rings (SSSR count). The average molecular weight is 224 g/mol. The van der Waals surface area contributed by atoms with Gasteiger partial charge in [0.1, 0.15) is 0 Å². The Morgan fingerprint density at radius 2 is 2.19 bits per heavy atom. The summed E-state index contributed by atoms with van der Waals surface area (Å²) in [6.07, 6.45) is 2.67. The maximum absolute atomic E-state index is 13.6. The third kappa shape index (κ3) is 1.80. The molecule has 0 spiro atoms. The lowest BCUT2D eigenvalue weighted by atomic mass is 9.86. The lowest BCUT2D eigenvalue weighted by Gasteiger charge is -2.27. The van der Waals surface area contributed by atoms with Crippen LogP contribution >= 0.6 is 0 Å². The number of hydrogen-bond acceptors (Lipinski definition) is 2. The summed E-state index contributed by atoms with van der Waals surface area (Å²) in [5, 5.41) is 10.5. The molecular weight excluding hydrogens is 207 g/mol. The van der Waals surface area contributed by atoms with Crippen molar-refractivity contribution in [1.82, 2.24) is 0 Å². The molecule has 3 heteroatoms. The number of benzene rings is 1. The molecule has 0 aromatic heterocycles. The Morgan fingerprint density at radius 1 is 1.50 bits per heavy atom. The molecule has 1 aliphatic carbocycles. The first-order chi connectivity index (χ1) is 7.61. The predicted octanol–water partition coefficient (Wildman–Crippen LogP) is 2.84. The van der Waals surface area contributed by atoms with Gasteiger partial charge in [-0.1, -0.05) is 13.0 Å². The van der Waals surface area contributed by atoms with E-state index in [1.807, 2.05) is 6.92 Å². The number of halogens is 1. The third-order valence-electron chi connectivity index (χ3n) is 3.44. The van der Waals surface area contributed by atoms with Gasteiger partial charge in [-0.3, -0.25) is 0 Å². The van der Waals surface area contributed by atoms with Gasteiger partial charge in [-0.25, -0.2) is 4.39 Å². The van der Waals surface area contributed by atoms with Gasteiger partial charge in [0, 0.05) is 0 Å². The first kappa shape index (κ1) is 11.4. The Morgan fingerprint density at radius 3 is 2.62 bits per heavy atom. The summed E-state index contributed by atoms with van der Waals surface area (Å²) in [4.78, 5) is 0. The molecule has 0 aliphatic heterocycles. The van der Waals surface area contributed by atoms with E-state index < -0.39 is 11.4 Å². The lowest BCUT2D eigenvalue weighted by Crippen LogP contribution is -2.27. The van der Waals surface area contributed by atoms with Crippen molar-refractivity contribution in [2.45, 2.75) is 31.8 Å². The lowest BCUT2D eigenvalue weighted by molar-refractivity contribution is 0.00857. The second kappa shape index (κ2) is 4.06. The molecule has 1 saturated carbocycles. The molecule has 0 saturated heterocycles. The second-order valence-electron chi connectivity index (χ2n) is 4.40. The molecular formula is C13H17FO2. The van der Waals surface area contributed by atoms with Gasteiger partial charge in [-0.15, -0.1) is 0 Å². The van der Waals surface area contributed by atoms with E-state index in [9.17, 15) is 9.50 Å². The molecule has 0 amide bonds. The maximum Gasteiger partial charge on any atom is 0.165 e. The van der Waals surface area contributed by atoms with Crippen molar-refractivity contribution < 1.29 is 14.2 Å². The highest BCUT2D eigenvalue weighted by Crippen LogP contribution is 2.48. The average Bonchev–Trinajstić information content (AvgIpc) is 3.12. The maximum atomic E-state index is 13.6. The van der Waals surface area contributed by atoms with Crippen LogP contribution in [-0.4, -0.2) is 12.2 Å². The van der Waals surface area contributed by atoms with Crippen molar-refractivity contribution >= 4 is 0 Å². The molecule has 88 valence electrons. The molecule has 1 N–H and O–H groups in total. The van der Waals surface area contributed by atoms with E-state index in [4.69, 9.17) is 4.74 Å². The van der Waals surface area contributed by atoms with E-state index in [-0.39, 0.29) is 11.7 Å². The van der Waals surface area contributed by atoms with Crippen LogP contribution in [0.3, 0.4) is 0 Å². The van der Waals surface area contributed by atoms with Gasteiger partial charge in [-0.2, -0.15) is 0 Å². The van der Waals surface area contributed by atoms with E-state index in [0.717, 1.165) is 12.8 Å². The molecule has 0 bridgehead atoms. The number of aliphatic hydroxyl groups is 1. The molecule has 0 heterocycles. The molecule has 1 atom stereocenters. The third-order valence-corrected chi connectivity index (χ3v) is 3.44. The fourth-order valence-electron chi connectivity index (χ4n) is 2.23. The minimum Gasteiger partial charge on any atom is -0.494 e. The van der Waals surface area contributed by atoms with Gasteiger partial charge in [0.25, 0.3) is 0 Å². The molecule has 2 nitrogen and oxygen atoms in total. The van der Waals surface area contributed by atoms with E-state index in [1.165, 1.54) is 13.2 Å². The molecule has 1 unspecified atom stereocenters. The summed E-state index contributed by atoms with van der Waals surface area (Å²) < 4.78 is 18.4. The van der Waals surface area contributed by atoms with Crippen LogP contribution in [0.4, 0.5) is 4.39 Å². The zero-order valence-corrected chi connectivity index (χ0v) is 9.66. The highest BCUT2D eigenvalue weighted by atomic mass is 19.1. The Hall–Kier alpha value is -1.09. The topological polar surface area (TPSA) is 29.5 Å². The van der Waals surface area contributed by atoms with Crippen LogP contribution in [-0.2, 0) is 5.60 Å². The number of hydrogen-bond donors (Lipinski definition) is 1. The molecule has 1 aliphatic rings. The van der Waals surface area contributed by atoms with Gasteiger partial charge in [0.15, 0.2) is 11.6 Å². The highest BCUT2D eigenvalue weighted by molar-refractivity contribution is 5.33. The summed E-state index contributed by atoms with van der Waals surface area (Å²) in [6.45, 7) is 1.93. The van der Waals surface area contributed by atoms with Crippen LogP contribution < -0.4 is 4.74 Å². The standard InChI is InChI=1S/C13H17FO2/c1-3-13(15,9-4-5-9)10-6-7-12(16-2)11(14)8-10/h6-9,15H,3-5H2,1-2H3. The van der Waals surface area contributed by atoms with Crippen LogP contribution in [0, 0.1) is 11.7 Å². The smallest absolute Gasteiger partial charge is 0.165 e. The monoisotopic (exact) mass is 224 g/mol. The Labute approximate surface area is 95.1 Å². The van der Waals surface area contributed by atoms with Gasteiger partial charge >= 0.3 is 0 Å². The Kier molecular flexibility index (Phi) is 2.89. The first-order valence-electron chi connectivity index (χ1n) is 5.68. The van der Waals surface area contributed by atoms with Crippen molar-refractivity contribution in [2.75, 3.05) is 7.11 Å². The zero-order chi connectivity index (χ0) is 11.8. The summed E-state index contributed by atoms with van der Waals surface area (Å²) >= 11 is 0. The number of methoxy groups -OCH3 is 1. The van der Waals surface area contributed by atoms with Gasteiger partial charge in [0.2, 0.25) is 0 Å². The van der Waals surface area contributed by atoms with Crippen molar-refractivity contribution in [3.63, 3.8) is 0 Å². The number of ether oxygens (including phenoxy) is 1. The predicted molar refractivity (Wildman–Crippen MR) is 59.9 cm³/mol. The van der Waals surface area contributed by atoms with Gasteiger partial charge in [-0.05, 0) is 42.9 Å². The zero-order valence-electron chi connectivity index (χ0n) is 9.66. The van der Waals surface area contributed by atoms with Gasteiger partial charge < -0.3 is 9.84 Å². The van der Waals surface area contributed by atoms with Crippen LogP contribution in [0.15, 0.2) is 18.2 Å². The summed E-state index contributed by atoms with van der Waals surface area (Å²) in [5.41, 5.74) is -0.205. The van der Waals surface area contributed by atoms with Crippen molar-refractivity contribution in [3.05, 3.63) is 29.6 Å². The largest absolute Gasteiger partial charge is 0.494 e. The van der Waals surface area contributed by atoms with Crippen LogP contribution in [0.2, 0.25) is 0 Å². The van der Waals surface area contributed by atoms with E-state index in [1.54, 1.807) is 12.1 Å². The minimum absolute atomic E-state index is 0.220. The van der Waals surface area contributed by atoms with Gasteiger partial charge in [0.05, 0.1) is 12.7 Å². The first-order valence-corrected chi connectivity index (χ1v) is 5.68. The van der Waals surface area contributed by atoms with Crippen LogP contribution in [0.25, 0.3) is 0 Å². The minimum atomic E-state index is -0.868. The molecule has 16 heavy (non-hydrogen) atoms. The Balaban J connectivity index is 2.35. The summed E-state index contributed by atoms with van der Waals surface area (Å²) in [7, 11) is 1.44. The summed E-state index contributed by atoms with van der Waals surface area (Å²) in [6, 6.07) is 4.72. The van der Waals surface area contributed by atoms with E-state index in [2.05, 4.69) is 0 Å². The second-order valence-corrected chi connectivity index (χ2v) is 4.40. The fourth-order valence-corrected chi connectivity index (χ4v) is 2.23. The normalized spacial score (nSPS) is 19.2. The highest BCUT2D eigenvalue weighted by Gasteiger charge is 2.43. The number of rotatable bonds is 4. The molecule has 1 aromatic rings. The van der Waals surface area contributed by atoms with Crippen molar-refractivity contribution in [2.24, 2.45) is 5.92 Å². The van der Waals surface area contributed by atoms with Crippen molar-refractivity contribution in [3.8, 4) is 5.75 Å². The summed E-state index contributed by atoms with van der Waals surface area (Å²) in [5.74, 6) is 0.0934. The molecule has 1 fully saturated rings. The fraction of sp³-hybridized carbons (Fsp3) is 0.538. The SMILES string of the molecule is CCC(O)(c1ccc(OC)c(F)c1)C1CC1. The quantitative estimate of drug-likeness (QED) is 0.852. The molecule has 0 radical (unpaired) electrons. The van der Waals surface area contributed by atoms with Crippen LogP contribution in [0.1, 0.15) is 31.7 Å².